The zero-order valence-corrected chi connectivity index (χ0v) is 20.0. The van der Waals surface area contributed by atoms with E-state index in [2.05, 4.69) is 75.1 Å². The van der Waals surface area contributed by atoms with Crippen LogP contribution in [-0.4, -0.2) is 9.67 Å². The molecule has 1 atom stereocenters. The van der Waals surface area contributed by atoms with Crippen molar-refractivity contribution in [2.45, 2.75) is 5.60 Å². The van der Waals surface area contributed by atoms with Gasteiger partial charge in [0.2, 0.25) is 0 Å². The van der Waals surface area contributed by atoms with Crippen molar-refractivity contribution in [3.63, 3.8) is 0 Å². The lowest BCUT2D eigenvalue weighted by atomic mass is 9.79. The second kappa shape index (κ2) is 8.28. The third-order valence-corrected chi connectivity index (χ3v) is 7.10. The first-order chi connectivity index (χ1) is 16.7. The number of benzene rings is 5. The number of hydrogen-bond acceptors (Lipinski definition) is 1. The topological polar surface area (TPSA) is 25.2 Å². The van der Waals surface area contributed by atoms with Crippen molar-refractivity contribution in [1.82, 2.24) is 4.57 Å². The van der Waals surface area contributed by atoms with Gasteiger partial charge in [0.1, 0.15) is 5.60 Å². The van der Waals surface area contributed by atoms with Gasteiger partial charge < -0.3 is 9.67 Å². The number of nitrogens with zero attached hydrogens (tertiary/aromatic N) is 1. The van der Waals surface area contributed by atoms with Crippen molar-refractivity contribution in [3.8, 4) is 5.69 Å². The molecular weight excluding hydrogens is 482 g/mol. The van der Waals surface area contributed by atoms with Gasteiger partial charge in [0.05, 0.1) is 16.7 Å². The Morgan fingerprint density at radius 2 is 1.03 bits per heavy atom. The SMILES string of the molecule is OC(c1ccccc1)(c1ccc(Br)cc1)c1ccccc1-n1c2ccccc2c2ccccc21. The molecule has 0 radical (unpaired) electrons. The molecule has 0 aliphatic rings. The Bertz CT molecular complexity index is 1570. The third-order valence-electron chi connectivity index (χ3n) is 6.57. The number of halogens is 1. The molecule has 0 spiro atoms. The van der Waals surface area contributed by atoms with Crippen LogP contribution >= 0.6 is 15.9 Å². The first-order valence-corrected chi connectivity index (χ1v) is 12.1. The molecule has 1 unspecified atom stereocenters. The van der Waals surface area contributed by atoms with Crippen LogP contribution < -0.4 is 0 Å². The number of aromatic nitrogens is 1. The lowest BCUT2D eigenvalue weighted by Crippen LogP contribution is -2.30. The van der Waals surface area contributed by atoms with E-state index in [0.29, 0.717) is 0 Å². The van der Waals surface area contributed by atoms with Crippen molar-refractivity contribution >= 4 is 37.7 Å². The molecule has 1 heterocycles. The van der Waals surface area contributed by atoms with E-state index >= 15 is 0 Å². The van der Waals surface area contributed by atoms with Crippen LogP contribution in [0.3, 0.4) is 0 Å². The Morgan fingerprint density at radius 1 is 0.529 bits per heavy atom. The van der Waals surface area contributed by atoms with Gasteiger partial charge in [0.25, 0.3) is 0 Å². The molecule has 6 rings (SSSR count). The summed E-state index contributed by atoms with van der Waals surface area (Å²) in [6.07, 6.45) is 0. The fourth-order valence-corrected chi connectivity index (χ4v) is 5.27. The van der Waals surface area contributed by atoms with Gasteiger partial charge in [-0.05, 0) is 41.5 Å². The van der Waals surface area contributed by atoms with Gasteiger partial charge in [0, 0.05) is 20.8 Å². The van der Waals surface area contributed by atoms with Crippen LogP contribution in [-0.2, 0) is 5.60 Å². The summed E-state index contributed by atoms with van der Waals surface area (Å²) in [5, 5.41) is 15.0. The van der Waals surface area contributed by atoms with Gasteiger partial charge in [0.15, 0.2) is 0 Å². The van der Waals surface area contributed by atoms with E-state index in [4.69, 9.17) is 0 Å². The molecule has 0 aliphatic carbocycles. The minimum Gasteiger partial charge on any atom is -0.376 e. The Labute approximate surface area is 206 Å². The average molecular weight is 504 g/mol. The Morgan fingerprint density at radius 3 is 1.68 bits per heavy atom. The van der Waals surface area contributed by atoms with E-state index in [0.717, 1.165) is 37.9 Å². The first-order valence-electron chi connectivity index (χ1n) is 11.3. The van der Waals surface area contributed by atoms with Crippen LogP contribution in [0.25, 0.3) is 27.5 Å². The Hall–Kier alpha value is -3.66. The summed E-state index contributed by atoms with van der Waals surface area (Å²) >= 11 is 3.54. The second-order valence-electron chi connectivity index (χ2n) is 8.47. The van der Waals surface area contributed by atoms with Crippen LogP contribution in [0.15, 0.2) is 132 Å². The monoisotopic (exact) mass is 503 g/mol. The maximum Gasteiger partial charge on any atom is 0.142 e. The van der Waals surface area contributed by atoms with Gasteiger partial charge in [-0.1, -0.05) is 113 Å². The molecule has 3 heteroatoms. The highest BCUT2D eigenvalue weighted by Crippen LogP contribution is 2.42. The molecule has 1 N–H and O–H groups in total. The first kappa shape index (κ1) is 20.9. The van der Waals surface area contributed by atoms with E-state index in [-0.39, 0.29) is 0 Å². The lowest BCUT2D eigenvalue weighted by Gasteiger charge is -2.32. The van der Waals surface area contributed by atoms with E-state index in [1.165, 1.54) is 10.8 Å². The fraction of sp³-hybridized carbons (Fsp3) is 0.0323. The quantitative estimate of drug-likeness (QED) is 0.243. The van der Waals surface area contributed by atoms with E-state index in [1.54, 1.807) is 0 Å². The number of rotatable bonds is 4. The van der Waals surface area contributed by atoms with Crippen molar-refractivity contribution in [1.29, 1.82) is 0 Å². The molecule has 0 fully saturated rings. The molecule has 0 bridgehead atoms. The van der Waals surface area contributed by atoms with Crippen LogP contribution in [0.1, 0.15) is 16.7 Å². The highest BCUT2D eigenvalue weighted by atomic mass is 79.9. The molecule has 0 saturated carbocycles. The molecule has 0 amide bonds. The van der Waals surface area contributed by atoms with Crippen molar-refractivity contribution < 1.29 is 5.11 Å². The summed E-state index contributed by atoms with van der Waals surface area (Å²) in [6, 6.07) is 42.9. The van der Waals surface area contributed by atoms with Crippen molar-refractivity contribution in [2.75, 3.05) is 0 Å². The van der Waals surface area contributed by atoms with Gasteiger partial charge in [-0.25, -0.2) is 0 Å². The highest BCUT2D eigenvalue weighted by molar-refractivity contribution is 9.10. The van der Waals surface area contributed by atoms with Gasteiger partial charge in [-0.2, -0.15) is 0 Å². The minimum absolute atomic E-state index is 0.815. The summed E-state index contributed by atoms with van der Waals surface area (Å²) in [5.41, 5.74) is 4.31. The van der Waals surface area contributed by atoms with Crippen LogP contribution in [0.5, 0.6) is 0 Å². The third kappa shape index (κ3) is 3.20. The molecule has 2 nitrogen and oxygen atoms in total. The molecule has 0 saturated heterocycles. The maximum atomic E-state index is 12.6. The normalized spacial score (nSPS) is 13.2. The number of aliphatic hydroxyl groups is 1. The molecule has 6 aromatic rings. The predicted octanol–water partition coefficient (Wildman–Crippen LogP) is 7.83. The zero-order chi connectivity index (χ0) is 23.1. The van der Waals surface area contributed by atoms with Gasteiger partial charge in [-0.15, -0.1) is 0 Å². The number of fused-ring (bicyclic) bond motifs is 3. The number of para-hydroxylation sites is 3. The van der Waals surface area contributed by atoms with Crippen molar-refractivity contribution in [3.05, 3.63) is 149 Å². The molecule has 0 aliphatic heterocycles. The maximum absolute atomic E-state index is 12.6. The molecule has 5 aromatic carbocycles. The second-order valence-corrected chi connectivity index (χ2v) is 9.39. The standard InChI is InChI=1S/C31H22BrNO/c32-24-20-18-23(19-21-24)31(34,22-10-2-1-3-11-22)27-14-6-9-17-30(27)33-28-15-7-4-12-25(28)26-13-5-8-16-29(26)33/h1-21,34H. The zero-order valence-electron chi connectivity index (χ0n) is 18.4. The van der Waals surface area contributed by atoms with Crippen LogP contribution in [0.2, 0.25) is 0 Å². The molecular formula is C31H22BrNO. The summed E-state index contributed by atoms with van der Waals surface area (Å²) in [5.74, 6) is 0. The molecule has 1 aromatic heterocycles. The van der Waals surface area contributed by atoms with E-state index in [1.807, 2.05) is 72.8 Å². The van der Waals surface area contributed by atoms with Gasteiger partial charge in [-0.3, -0.25) is 0 Å². The predicted molar refractivity (Wildman–Crippen MR) is 143 cm³/mol. The van der Waals surface area contributed by atoms with Crippen LogP contribution in [0.4, 0.5) is 0 Å². The number of hydrogen-bond donors (Lipinski definition) is 1. The van der Waals surface area contributed by atoms with E-state index in [9.17, 15) is 5.11 Å². The molecule has 34 heavy (non-hydrogen) atoms. The average Bonchev–Trinajstić information content (AvgIpc) is 3.23. The molecule has 164 valence electrons. The Kier molecular flexibility index (Phi) is 5.09. The van der Waals surface area contributed by atoms with Gasteiger partial charge >= 0.3 is 0 Å². The summed E-state index contributed by atoms with van der Waals surface area (Å²) in [4.78, 5) is 0. The minimum atomic E-state index is -1.34. The summed E-state index contributed by atoms with van der Waals surface area (Å²) < 4.78 is 3.24. The highest BCUT2D eigenvalue weighted by Gasteiger charge is 2.36. The van der Waals surface area contributed by atoms with Crippen LogP contribution in [0, 0.1) is 0 Å². The van der Waals surface area contributed by atoms with Crippen molar-refractivity contribution in [2.24, 2.45) is 0 Å². The lowest BCUT2D eigenvalue weighted by molar-refractivity contribution is 0.125. The smallest absolute Gasteiger partial charge is 0.142 e. The summed E-state index contributed by atoms with van der Waals surface area (Å²) in [7, 11) is 0. The largest absolute Gasteiger partial charge is 0.376 e. The summed E-state index contributed by atoms with van der Waals surface area (Å²) in [6.45, 7) is 0. The van der Waals surface area contributed by atoms with E-state index < -0.39 is 5.60 Å². The Balaban J connectivity index is 1.72. The fourth-order valence-electron chi connectivity index (χ4n) is 5.00.